The van der Waals surface area contributed by atoms with E-state index in [1.165, 1.54) is 0 Å². The number of unbranched alkanes of at least 4 members (excludes halogenated alkanes) is 1. The molecule has 0 aliphatic carbocycles. The van der Waals surface area contributed by atoms with Gasteiger partial charge >= 0.3 is 0 Å². The lowest BCUT2D eigenvalue weighted by Gasteiger charge is -2.25. The maximum absolute atomic E-state index is 9.28. The smallest absolute Gasteiger partial charge is 0.164 e. The van der Waals surface area contributed by atoms with Crippen LogP contribution in [0.1, 0.15) is 40.0 Å². The fourth-order valence-corrected chi connectivity index (χ4v) is 0.726. The standard InChI is InChI=1S/C8H18O2/c1-4-5-6-8(9,10)7(2)3/h7,9-10H,4-6H2,1-3H3. The van der Waals surface area contributed by atoms with Gasteiger partial charge in [-0.25, -0.2) is 0 Å². The molecule has 0 unspecified atom stereocenters. The molecule has 0 spiro atoms. The van der Waals surface area contributed by atoms with Crippen molar-refractivity contribution >= 4 is 0 Å². The Kier molecular flexibility index (Phi) is 3.91. The van der Waals surface area contributed by atoms with Crippen LogP contribution in [0.3, 0.4) is 0 Å². The van der Waals surface area contributed by atoms with Gasteiger partial charge in [-0.15, -0.1) is 0 Å². The Hall–Kier alpha value is -0.0800. The Morgan fingerprint density at radius 3 is 2.10 bits per heavy atom. The summed E-state index contributed by atoms with van der Waals surface area (Å²) >= 11 is 0. The second-order valence-electron chi connectivity index (χ2n) is 3.14. The van der Waals surface area contributed by atoms with Crippen LogP contribution in [0.15, 0.2) is 0 Å². The maximum atomic E-state index is 9.28. The molecule has 0 fully saturated rings. The molecule has 0 heterocycles. The van der Waals surface area contributed by atoms with Crippen molar-refractivity contribution in [3.8, 4) is 0 Å². The minimum atomic E-state index is -1.45. The van der Waals surface area contributed by atoms with E-state index in [9.17, 15) is 10.2 Å². The highest BCUT2D eigenvalue weighted by Crippen LogP contribution is 2.19. The molecule has 0 aromatic carbocycles. The summed E-state index contributed by atoms with van der Waals surface area (Å²) in [5, 5.41) is 18.6. The molecular formula is C8H18O2. The van der Waals surface area contributed by atoms with Gasteiger partial charge in [-0.1, -0.05) is 27.2 Å². The highest BCUT2D eigenvalue weighted by molar-refractivity contribution is 4.67. The van der Waals surface area contributed by atoms with Crippen molar-refractivity contribution in [3.63, 3.8) is 0 Å². The van der Waals surface area contributed by atoms with Crippen molar-refractivity contribution < 1.29 is 10.2 Å². The van der Waals surface area contributed by atoms with Gasteiger partial charge in [0.25, 0.3) is 0 Å². The second kappa shape index (κ2) is 3.94. The number of hydrogen-bond donors (Lipinski definition) is 2. The van der Waals surface area contributed by atoms with E-state index >= 15 is 0 Å². The van der Waals surface area contributed by atoms with Crippen molar-refractivity contribution in [3.05, 3.63) is 0 Å². The molecule has 0 aromatic heterocycles. The highest BCUT2D eigenvalue weighted by atomic mass is 16.5. The van der Waals surface area contributed by atoms with Gasteiger partial charge in [-0.05, 0) is 6.42 Å². The summed E-state index contributed by atoms with van der Waals surface area (Å²) in [5.41, 5.74) is 0. The first-order valence-electron chi connectivity index (χ1n) is 3.95. The summed E-state index contributed by atoms with van der Waals surface area (Å²) < 4.78 is 0. The lowest BCUT2D eigenvalue weighted by atomic mass is 9.97. The van der Waals surface area contributed by atoms with Crippen molar-refractivity contribution in [1.82, 2.24) is 0 Å². The number of rotatable bonds is 4. The average molecular weight is 146 g/mol. The van der Waals surface area contributed by atoms with Crippen LogP contribution >= 0.6 is 0 Å². The van der Waals surface area contributed by atoms with Crippen LogP contribution in [0, 0.1) is 5.92 Å². The van der Waals surface area contributed by atoms with E-state index in [-0.39, 0.29) is 5.92 Å². The topological polar surface area (TPSA) is 40.5 Å². The van der Waals surface area contributed by atoms with E-state index in [0.29, 0.717) is 6.42 Å². The summed E-state index contributed by atoms with van der Waals surface area (Å²) in [5.74, 6) is -1.52. The minimum absolute atomic E-state index is 0.0703. The Balaban J connectivity index is 3.63. The molecule has 0 amide bonds. The SMILES string of the molecule is CCCCC(O)(O)C(C)C. The number of hydrogen-bond acceptors (Lipinski definition) is 2. The zero-order chi connectivity index (χ0) is 8.20. The molecule has 0 saturated carbocycles. The third-order valence-electron chi connectivity index (χ3n) is 1.82. The summed E-state index contributed by atoms with van der Waals surface area (Å²) in [6.07, 6.45) is 2.38. The van der Waals surface area contributed by atoms with Gasteiger partial charge in [0.15, 0.2) is 5.79 Å². The quantitative estimate of drug-likeness (QED) is 0.590. The molecule has 0 aliphatic rings. The molecule has 2 nitrogen and oxygen atoms in total. The predicted molar refractivity (Wildman–Crippen MR) is 41.5 cm³/mol. The molecule has 0 radical (unpaired) electrons. The monoisotopic (exact) mass is 146 g/mol. The largest absolute Gasteiger partial charge is 0.365 e. The van der Waals surface area contributed by atoms with Crippen LogP contribution in [0.25, 0.3) is 0 Å². The van der Waals surface area contributed by atoms with Gasteiger partial charge in [-0.2, -0.15) is 0 Å². The van der Waals surface area contributed by atoms with Crippen molar-refractivity contribution in [2.24, 2.45) is 5.92 Å². The van der Waals surface area contributed by atoms with Crippen LogP contribution in [0.5, 0.6) is 0 Å². The van der Waals surface area contributed by atoms with Gasteiger partial charge < -0.3 is 10.2 Å². The predicted octanol–water partition coefficient (Wildman–Crippen LogP) is 1.51. The lowest BCUT2D eigenvalue weighted by molar-refractivity contribution is -0.196. The van der Waals surface area contributed by atoms with E-state index in [0.717, 1.165) is 12.8 Å². The first kappa shape index (κ1) is 9.92. The van der Waals surface area contributed by atoms with Gasteiger partial charge in [0, 0.05) is 12.3 Å². The summed E-state index contributed by atoms with van der Waals surface area (Å²) in [6, 6.07) is 0. The zero-order valence-electron chi connectivity index (χ0n) is 7.09. The van der Waals surface area contributed by atoms with E-state index < -0.39 is 5.79 Å². The van der Waals surface area contributed by atoms with Crippen LogP contribution in [-0.4, -0.2) is 16.0 Å². The third kappa shape index (κ3) is 3.18. The van der Waals surface area contributed by atoms with Gasteiger partial charge in [0.2, 0.25) is 0 Å². The molecule has 0 saturated heterocycles. The van der Waals surface area contributed by atoms with Crippen molar-refractivity contribution in [2.75, 3.05) is 0 Å². The van der Waals surface area contributed by atoms with Crippen LogP contribution in [-0.2, 0) is 0 Å². The van der Waals surface area contributed by atoms with Gasteiger partial charge in [0.05, 0.1) is 0 Å². The summed E-state index contributed by atoms with van der Waals surface area (Å²) in [4.78, 5) is 0. The Morgan fingerprint density at radius 2 is 1.80 bits per heavy atom. The molecule has 2 heteroatoms. The van der Waals surface area contributed by atoms with Crippen LogP contribution in [0.2, 0.25) is 0 Å². The van der Waals surface area contributed by atoms with Crippen LogP contribution in [0.4, 0.5) is 0 Å². The Labute approximate surface area is 62.9 Å². The maximum Gasteiger partial charge on any atom is 0.164 e. The molecular weight excluding hydrogens is 128 g/mol. The van der Waals surface area contributed by atoms with E-state index in [1.54, 1.807) is 0 Å². The first-order valence-corrected chi connectivity index (χ1v) is 3.95. The first-order chi connectivity index (χ1) is 4.50. The lowest BCUT2D eigenvalue weighted by Crippen LogP contribution is -2.34. The Bertz CT molecular complexity index is 87.3. The minimum Gasteiger partial charge on any atom is -0.365 e. The molecule has 0 aromatic rings. The molecule has 2 N–H and O–H groups in total. The molecule has 0 atom stereocenters. The van der Waals surface area contributed by atoms with Crippen LogP contribution < -0.4 is 0 Å². The molecule has 10 heavy (non-hydrogen) atoms. The molecule has 0 aliphatic heterocycles. The fraction of sp³-hybridized carbons (Fsp3) is 1.00. The van der Waals surface area contributed by atoms with Gasteiger partial charge in [0.1, 0.15) is 0 Å². The normalized spacial score (nSPS) is 12.6. The third-order valence-corrected chi connectivity index (χ3v) is 1.82. The van der Waals surface area contributed by atoms with E-state index in [1.807, 2.05) is 20.8 Å². The van der Waals surface area contributed by atoms with Crippen molar-refractivity contribution in [2.45, 2.75) is 45.8 Å². The highest BCUT2D eigenvalue weighted by Gasteiger charge is 2.25. The summed E-state index contributed by atoms with van der Waals surface area (Å²) in [7, 11) is 0. The van der Waals surface area contributed by atoms with E-state index in [2.05, 4.69) is 0 Å². The fourth-order valence-electron chi connectivity index (χ4n) is 0.726. The number of aliphatic hydroxyl groups is 2. The zero-order valence-corrected chi connectivity index (χ0v) is 7.09. The second-order valence-corrected chi connectivity index (χ2v) is 3.14. The molecule has 62 valence electrons. The molecule has 0 rings (SSSR count). The Morgan fingerprint density at radius 1 is 1.30 bits per heavy atom. The molecule has 0 bridgehead atoms. The van der Waals surface area contributed by atoms with Crippen molar-refractivity contribution in [1.29, 1.82) is 0 Å². The summed E-state index contributed by atoms with van der Waals surface area (Å²) in [6.45, 7) is 5.67. The average Bonchev–Trinajstić information content (AvgIpc) is 1.84. The van der Waals surface area contributed by atoms with Gasteiger partial charge in [-0.3, -0.25) is 0 Å². The van der Waals surface area contributed by atoms with E-state index in [4.69, 9.17) is 0 Å².